The van der Waals surface area contributed by atoms with Crippen molar-refractivity contribution in [3.8, 4) is 0 Å². The minimum atomic E-state index is -0.917. The van der Waals surface area contributed by atoms with Gasteiger partial charge in [-0.15, -0.1) is 11.8 Å². The van der Waals surface area contributed by atoms with Gasteiger partial charge in [0, 0.05) is 16.6 Å². The molecule has 2 heterocycles. The quantitative estimate of drug-likeness (QED) is 0.782. The number of fused-ring (bicyclic) bond motifs is 2. The van der Waals surface area contributed by atoms with Crippen LogP contribution in [-0.4, -0.2) is 35.2 Å². The molecule has 0 bridgehead atoms. The highest BCUT2D eigenvalue weighted by Crippen LogP contribution is 2.37. The highest BCUT2D eigenvalue weighted by molar-refractivity contribution is 8.01. The molecule has 0 spiro atoms. The molecule has 7 heteroatoms. The number of carbonyl (C=O) groups excluding carboxylic acids is 3. The van der Waals surface area contributed by atoms with E-state index in [1.807, 2.05) is 55.5 Å². The number of hydrogen-bond donors (Lipinski definition) is 1. The highest BCUT2D eigenvalue weighted by Gasteiger charge is 2.35. The third-order valence-electron chi connectivity index (χ3n) is 5.16. The van der Waals surface area contributed by atoms with Gasteiger partial charge < -0.3 is 15.0 Å². The molecule has 2 amide bonds. The fourth-order valence-corrected chi connectivity index (χ4v) is 4.87. The summed E-state index contributed by atoms with van der Waals surface area (Å²) in [5.74, 6) is -1.04. The normalized spacial score (nSPS) is 21.0. The van der Waals surface area contributed by atoms with Crippen LogP contribution >= 0.6 is 11.8 Å². The van der Waals surface area contributed by atoms with Gasteiger partial charge in [0.15, 0.2) is 6.10 Å². The first kappa shape index (κ1) is 19.5. The Morgan fingerprint density at radius 3 is 2.76 bits per heavy atom. The molecule has 6 nitrogen and oxygen atoms in total. The third-order valence-corrected chi connectivity index (χ3v) is 6.43. The van der Waals surface area contributed by atoms with Crippen molar-refractivity contribution < 1.29 is 19.1 Å². The molecule has 1 N–H and O–H groups in total. The van der Waals surface area contributed by atoms with Crippen LogP contribution in [0.3, 0.4) is 0 Å². The molecule has 2 aromatic carbocycles. The first-order chi connectivity index (χ1) is 13.9. The molecule has 3 atom stereocenters. The molecular weight excluding hydrogens is 388 g/mol. The van der Waals surface area contributed by atoms with Crippen molar-refractivity contribution in [2.24, 2.45) is 0 Å². The number of anilines is 2. The number of hydrogen-bond acceptors (Lipinski definition) is 5. The number of ether oxygens (including phenoxy) is 1. The van der Waals surface area contributed by atoms with E-state index in [9.17, 15) is 14.4 Å². The summed E-state index contributed by atoms with van der Waals surface area (Å²) >= 11 is 1.34. The minimum absolute atomic E-state index is 0.0113. The van der Waals surface area contributed by atoms with E-state index >= 15 is 0 Å². The highest BCUT2D eigenvalue weighted by atomic mass is 32.2. The number of para-hydroxylation sites is 2. The lowest BCUT2D eigenvalue weighted by atomic mass is 10.1. The van der Waals surface area contributed by atoms with Crippen molar-refractivity contribution in [3.63, 3.8) is 0 Å². The Labute approximate surface area is 173 Å². The van der Waals surface area contributed by atoms with Crippen molar-refractivity contribution in [2.75, 3.05) is 10.2 Å². The van der Waals surface area contributed by atoms with Gasteiger partial charge in [-0.3, -0.25) is 14.4 Å². The van der Waals surface area contributed by atoms with E-state index in [0.29, 0.717) is 0 Å². The van der Waals surface area contributed by atoms with Crippen molar-refractivity contribution in [1.29, 1.82) is 0 Å². The Hall–Kier alpha value is -2.80. The predicted octanol–water partition coefficient (Wildman–Crippen LogP) is 3.40. The summed E-state index contributed by atoms with van der Waals surface area (Å²) in [6, 6.07) is 15.2. The van der Waals surface area contributed by atoms with E-state index in [2.05, 4.69) is 5.32 Å². The number of thioether (sulfide) groups is 1. The Morgan fingerprint density at radius 2 is 1.93 bits per heavy atom. The van der Waals surface area contributed by atoms with E-state index in [4.69, 9.17) is 4.74 Å². The van der Waals surface area contributed by atoms with Gasteiger partial charge in [-0.2, -0.15) is 0 Å². The molecule has 2 aliphatic heterocycles. The summed E-state index contributed by atoms with van der Waals surface area (Å²) in [5, 5.41) is 2.23. The van der Waals surface area contributed by atoms with Crippen molar-refractivity contribution in [2.45, 2.75) is 49.0 Å². The molecule has 0 saturated carbocycles. The topological polar surface area (TPSA) is 75.7 Å². The van der Waals surface area contributed by atoms with Crippen LogP contribution in [0.25, 0.3) is 0 Å². The fraction of sp³-hybridized carbons (Fsp3) is 0.318. The van der Waals surface area contributed by atoms with Crippen LogP contribution in [0.2, 0.25) is 0 Å². The van der Waals surface area contributed by atoms with Crippen LogP contribution in [0.4, 0.5) is 11.4 Å². The zero-order valence-electron chi connectivity index (χ0n) is 16.3. The third kappa shape index (κ3) is 3.87. The molecule has 4 rings (SSSR count). The van der Waals surface area contributed by atoms with Gasteiger partial charge in [0.25, 0.3) is 5.91 Å². The Morgan fingerprint density at radius 1 is 1.21 bits per heavy atom. The van der Waals surface area contributed by atoms with Gasteiger partial charge in [-0.25, -0.2) is 0 Å². The summed E-state index contributed by atoms with van der Waals surface area (Å²) in [5.41, 5.74) is 2.73. The average Bonchev–Trinajstić information content (AvgIpc) is 3.03. The number of amides is 2. The summed E-state index contributed by atoms with van der Waals surface area (Å²) < 4.78 is 5.40. The van der Waals surface area contributed by atoms with E-state index < -0.39 is 17.3 Å². The summed E-state index contributed by atoms with van der Waals surface area (Å²) in [4.78, 5) is 40.3. The predicted molar refractivity (Wildman–Crippen MR) is 112 cm³/mol. The van der Waals surface area contributed by atoms with Gasteiger partial charge >= 0.3 is 5.97 Å². The standard InChI is InChI=1S/C22H22N2O4S/c1-13-11-15-7-3-5-9-17(15)24(13)22(27)14(2)28-20(25)12-19-21(26)23-16-8-4-6-10-18(16)29-19/h3-10,13-14,19H,11-12H2,1-2H3,(H,23,26)/t13-,14+,19-/m1/s1. The molecule has 0 radical (unpaired) electrons. The number of esters is 1. The first-order valence-electron chi connectivity index (χ1n) is 9.61. The van der Waals surface area contributed by atoms with Gasteiger partial charge in [0.2, 0.25) is 5.91 Å². The maximum absolute atomic E-state index is 12.9. The number of benzene rings is 2. The molecule has 0 fully saturated rings. The maximum Gasteiger partial charge on any atom is 0.308 e. The molecular formula is C22H22N2O4S. The van der Waals surface area contributed by atoms with Crippen LogP contribution < -0.4 is 10.2 Å². The largest absolute Gasteiger partial charge is 0.452 e. The van der Waals surface area contributed by atoms with Crippen molar-refractivity contribution in [1.82, 2.24) is 0 Å². The zero-order valence-corrected chi connectivity index (χ0v) is 17.1. The fourth-order valence-electron chi connectivity index (χ4n) is 3.77. The lowest BCUT2D eigenvalue weighted by Crippen LogP contribution is -2.43. The minimum Gasteiger partial charge on any atom is -0.452 e. The average molecular weight is 410 g/mol. The SMILES string of the molecule is C[C@H](OC(=O)C[C@H]1Sc2ccccc2NC1=O)C(=O)N1c2ccccc2C[C@H]1C. The van der Waals surface area contributed by atoms with E-state index in [-0.39, 0.29) is 24.3 Å². The first-order valence-corrected chi connectivity index (χ1v) is 10.5. The number of nitrogens with zero attached hydrogens (tertiary/aromatic N) is 1. The van der Waals surface area contributed by atoms with Crippen LogP contribution in [0, 0.1) is 0 Å². The van der Waals surface area contributed by atoms with E-state index in [1.165, 1.54) is 11.8 Å². The molecule has 0 aliphatic carbocycles. The van der Waals surface area contributed by atoms with Crippen LogP contribution in [0.15, 0.2) is 53.4 Å². The van der Waals surface area contributed by atoms with E-state index in [0.717, 1.165) is 28.3 Å². The Balaban J connectivity index is 1.39. The van der Waals surface area contributed by atoms with Gasteiger partial charge in [0.05, 0.1) is 17.4 Å². The smallest absolute Gasteiger partial charge is 0.308 e. The summed E-state index contributed by atoms with van der Waals surface area (Å²) in [6.07, 6.45) is -0.227. The van der Waals surface area contributed by atoms with Crippen LogP contribution in [-0.2, 0) is 25.5 Å². The van der Waals surface area contributed by atoms with Gasteiger partial charge in [-0.05, 0) is 44.0 Å². The second-order valence-corrected chi connectivity index (χ2v) is 8.56. The monoisotopic (exact) mass is 410 g/mol. The van der Waals surface area contributed by atoms with Crippen molar-refractivity contribution >= 4 is 40.9 Å². The van der Waals surface area contributed by atoms with E-state index in [1.54, 1.807) is 11.8 Å². The Bertz CT molecular complexity index is 977. The second kappa shape index (κ2) is 7.91. The summed E-state index contributed by atoms with van der Waals surface area (Å²) in [7, 11) is 0. The lowest BCUT2D eigenvalue weighted by molar-refractivity contribution is -0.154. The Kier molecular flexibility index (Phi) is 5.32. The molecule has 2 aliphatic rings. The molecule has 0 saturated heterocycles. The van der Waals surface area contributed by atoms with Crippen molar-refractivity contribution in [3.05, 3.63) is 54.1 Å². The maximum atomic E-state index is 12.9. The number of nitrogens with one attached hydrogen (secondary N) is 1. The van der Waals surface area contributed by atoms with Crippen LogP contribution in [0.5, 0.6) is 0 Å². The number of carbonyl (C=O) groups is 3. The zero-order chi connectivity index (χ0) is 20.5. The van der Waals surface area contributed by atoms with Crippen LogP contribution in [0.1, 0.15) is 25.8 Å². The molecule has 150 valence electrons. The molecule has 2 aromatic rings. The second-order valence-electron chi connectivity index (χ2n) is 7.32. The number of rotatable bonds is 4. The molecule has 29 heavy (non-hydrogen) atoms. The summed E-state index contributed by atoms with van der Waals surface area (Å²) in [6.45, 7) is 3.56. The van der Waals surface area contributed by atoms with Gasteiger partial charge in [0.1, 0.15) is 0 Å². The molecule has 0 unspecified atom stereocenters. The molecule has 0 aromatic heterocycles. The lowest BCUT2D eigenvalue weighted by Gasteiger charge is -2.27. The van der Waals surface area contributed by atoms with Gasteiger partial charge in [-0.1, -0.05) is 30.3 Å².